The fourth-order valence-electron chi connectivity index (χ4n) is 2.12. The molecule has 0 unspecified atom stereocenters. The van der Waals surface area contributed by atoms with Crippen molar-refractivity contribution in [1.29, 1.82) is 0 Å². The molecule has 0 saturated heterocycles. The first kappa shape index (κ1) is 18.9. The van der Waals surface area contributed by atoms with Gasteiger partial charge in [-0.15, -0.1) is 0 Å². The van der Waals surface area contributed by atoms with Gasteiger partial charge < -0.3 is 5.32 Å². The summed E-state index contributed by atoms with van der Waals surface area (Å²) in [5, 5.41) is 2.74. The lowest BCUT2D eigenvalue weighted by Gasteiger charge is -2.07. The van der Waals surface area contributed by atoms with Crippen LogP contribution in [0.15, 0.2) is 60.7 Å². The van der Waals surface area contributed by atoms with Crippen LogP contribution in [0.4, 0.5) is 5.69 Å². The third kappa shape index (κ3) is 6.24. The smallest absolute Gasteiger partial charge is 0.269 e. The molecule has 0 aliphatic heterocycles. The van der Waals surface area contributed by atoms with Gasteiger partial charge in [-0.05, 0) is 42.3 Å². The topological polar surface area (TPSA) is 87.3 Å². The first-order valence-corrected chi connectivity index (χ1v) is 8.32. The Bertz CT molecular complexity index is 784. The maximum Gasteiger partial charge on any atom is 0.269 e. The Morgan fingerprint density at radius 2 is 1.62 bits per heavy atom. The predicted octanol–water partition coefficient (Wildman–Crippen LogP) is 2.90. The van der Waals surface area contributed by atoms with Crippen LogP contribution in [0.1, 0.15) is 35.7 Å². The molecule has 2 aromatic carbocycles. The molecular formula is C20H21N3O3. The van der Waals surface area contributed by atoms with Crippen LogP contribution in [0.2, 0.25) is 0 Å². The summed E-state index contributed by atoms with van der Waals surface area (Å²) in [6.07, 6.45) is 4.20. The van der Waals surface area contributed by atoms with Gasteiger partial charge >= 0.3 is 0 Å². The van der Waals surface area contributed by atoms with Crippen LogP contribution in [0.25, 0.3) is 6.08 Å². The molecule has 0 aromatic heterocycles. The molecule has 0 radical (unpaired) electrons. The number of hydrogen-bond acceptors (Lipinski definition) is 3. The van der Waals surface area contributed by atoms with Gasteiger partial charge in [0.15, 0.2) is 0 Å². The summed E-state index contributed by atoms with van der Waals surface area (Å²) < 4.78 is 0. The Labute approximate surface area is 152 Å². The number of hydrogen-bond donors (Lipinski definition) is 3. The maximum atomic E-state index is 12.0. The zero-order valence-electron chi connectivity index (χ0n) is 14.5. The summed E-state index contributed by atoms with van der Waals surface area (Å²) in [4.78, 5) is 35.3. The predicted molar refractivity (Wildman–Crippen MR) is 101 cm³/mol. The number of carbonyl (C=O) groups excluding carboxylic acids is 3. The lowest BCUT2D eigenvalue weighted by molar-refractivity contribution is -0.117. The largest absolute Gasteiger partial charge is 0.326 e. The van der Waals surface area contributed by atoms with Crippen molar-refractivity contribution in [1.82, 2.24) is 10.9 Å². The van der Waals surface area contributed by atoms with Crippen LogP contribution >= 0.6 is 0 Å². The van der Waals surface area contributed by atoms with Gasteiger partial charge in [0.25, 0.3) is 11.8 Å². The van der Waals surface area contributed by atoms with E-state index in [4.69, 9.17) is 0 Å². The minimum absolute atomic E-state index is 0.0674. The van der Waals surface area contributed by atoms with Crippen LogP contribution < -0.4 is 16.2 Å². The number of anilines is 1. The zero-order valence-corrected chi connectivity index (χ0v) is 14.5. The van der Waals surface area contributed by atoms with E-state index >= 15 is 0 Å². The molecule has 0 fully saturated rings. The highest BCUT2D eigenvalue weighted by atomic mass is 16.2. The van der Waals surface area contributed by atoms with Crippen molar-refractivity contribution in [3.8, 4) is 0 Å². The van der Waals surface area contributed by atoms with Crippen molar-refractivity contribution in [3.63, 3.8) is 0 Å². The minimum Gasteiger partial charge on any atom is -0.326 e. The maximum absolute atomic E-state index is 12.0. The van der Waals surface area contributed by atoms with E-state index in [1.165, 1.54) is 6.08 Å². The second kappa shape index (κ2) is 9.78. The van der Waals surface area contributed by atoms with Gasteiger partial charge in [0, 0.05) is 23.7 Å². The summed E-state index contributed by atoms with van der Waals surface area (Å²) in [6, 6.07) is 15.8. The van der Waals surface area contributed by atoms with E-state index in [0.29, 0.717) is 17.7 Å². The van der Waals surface area contributed by atoms with Gasteiger partial charge in [0.05, 0.1) is 0 Å². The monoisotopic (exact) mass is 351 g/mol. The third-order valence-corrected chi connectivity index (χ3v) is 3.43. The Kier molecular flexibility index (Phi) is 7.12. The quantitative estimate of drug-likeness (QED) is 0.552. The summed E-state index contributed by atoms with van der Waals surface area (Å²) in [6.45, 7) is 1.93. The van der Waals surface area contributed by atoms with Crippen molar-refractivity contribution in [2.24, 2.45) is 0 Å². The van der Waals surface area contributed by atoms with E-state index < -0.39 is 11.8 Å². The van der Waals surface area contributed by atoms with Gasteiger partial charge in [-0.2, -0.15) is 0 Å². The Balaban J connectivity index is 1.82. The number of nitrogens with one attached hydrogen (secondary N) is 3. The molecule has 0 heterocycles. The van der Waals surface area contributed by atoms with E-state index in [-0.39, 0.29) is 5.91 Å². The first-order chi connectivity index (χ1) is 12.6. The van der Waals surface area contributed by atoms with Crippen LogP contribution in [0.3, 0.4) is 0 Å². The molecule has 0 aliphatic carbocycles. The molecule has 0 spiro atoms. The van der Waals surface area contributed by atoms with E-state index in [0.717, 1.165) is 12.0 Å². The fraction of sp³-hybridized carbons (Fsp3) is 0.150. The van der Waals surface area contributed by atoms with E-state index in [1.807, 2.05) is 37.3 Å². The zero-order chi connectivity index (χ0) is 18.8. The van der Waals surface area contributed by atoms with E-state index in [9.17, 15) is 14.4 Å². The van der Waals surface area contributed by atoms with Crippen molar-refractivity contribution >= 4 is 29.5 Å². The van der Waals surface area contributed by atoms with Crippen molar-refractivity contribution < 1.29 is 14.4 Å². The first-order valence-electron chi connectivity index (χ1n) is 8.32. The average molecular weight is 351 g/mol. The van der Waals surface area contributed by atoms with Crippen LogP contribution in [-0.4, -0.2) is 17.7 Å². The number of amides is 3. The SMILES string of the molecule is CCCC(=O)Nc1ccc(C(=O)NNC(=O)/C=C/c2ccccc2)cc1. The second-order valence-electron chi connectivity index (χ2n) is 5.56. The molecule has 26 heavy (non-hydrogen) atoms. The van der Waals surface area contributed by atoms with Crippen molar-refractivity contribution in [3.05, 3.63) is 71.8 Å². The molecule has 0 bridgehead atoms. The molecule has 3 N–H and O–H groups in total. The van der Waals surface area contributed by atoms with Gasteiger partial charge in [-0.3, -0.25) is 25.2 Å². The molecule has 0 atom stereocenters. The summed E-state index contributed by atoms with van der Waals surface area (Å²) in [5.74, 6) is -0.953. The Morgan fingerprint density at radius 1 is 0.923 bits per heavy atom. The molecule has 6 nitrogen and oxygen atoms in total. The summed E-state index contributed by atoms with van der Waals surface area (Å²) in [5.41, 5.74) is 6.53. The number of hydrazine groups is 1. The van der Waals surface area contributed by atoms with Crippen molar-refractivity contribution in [2.45, 2.75) is 19.8 Å². The van der Waals surface area contributed by atoms with Gasteiger partial charge in [0.1, 0.15) is 0 Å². The molecule has 3 amide bonds. The number of benzene rings is 2. The molecule has 2 rings (SSSR count). The summed E-state index contributed by atoms with van der Waals surface area (Å²) in [7, 11) is 0. The third-order valence-electron chi connectivity index (χ3n) is 3.43. The molecule has 2 aromatic rings. The normalized spacial score (nSPS) is 10.3. The average Bonchev–Trinajstić information content (AvgIpc) is 2.66. The fourth-order valence-corrected chi connectivity index (χ4v) is 2.12. The highest BCUT2D eigenvalue weighted by Gasteiger charge is 2.07. The van der Waals surface area contributed by atoms with Gasteiger partial charge in [-0.1, -0.05) is 37.3 Å². The Morgan fingerprint density at radius 3 is 2.27 bits per heavy atom. The van der Waals surface area contributed by atoms with Crippen LogP contribution in [-0.2, 0) is 9.59 Å². The van der Waals surface area contributed by atoms with Crippen LogP contribution in [0, 0.1) is 0 Å². The molecule has 6 heteroatoms. The molecular weight excluding hydrogens is 330 g/mol. The minimum atomic E-state index is -0.446. The highest BCUT2D eigenvalue weighted by molar-refractivity contribution is 5.98. The molecule has 0 aliphatic rings. The van der Waals surface area contributed by atoms with Gasteiger partial charge in [-0.25, -0.2) is 0 Å². The van der Waals surface area contributed by atoms with Crippen LogP contribution in [0.5, 0.6) is 0 Å². The lowest BCUT2D eigenvalue weighted by atomic mass is 10.2. The number of rotatable bonds is 6. The lowest BCUT2D eigenvalue weighted by Crippen LogP contribution is -2.40. The van der Waals surface area contributed by atoms with E-state index in [2.05, 4.69) is 16.2 Å². The van der Waals surface area contributed by atoms with Gasteiger partial charge in [0.2, 0.25) is 5.91 Å². The second-order valence-corrected chi connectivity index (χ2v) is 5.56. The highest BCUT2D eigenvalue weighted by Crippen LogP contribution is 2.10. The van der Waals surface area contributed by atoms with Crippen molar-refractivity contribution in [2.75, 3.05) is 5.32 Å². The Hall–Kier alpha value is -3.41. The standard InChI is InChI=1S/C20H21N3O3/c1-2-6-18(24)21-17-12-10-16(11-13-17)20(26)23-22-19(25)14-9-15-7-4-3-5-8-15/h3-5,7-14H,2,6H2,1H3,(H,21,24)(H,22,25)(H,23,26)/b14-9+. The summed E-state index contributed by atoms with van der Waals surface area (Å²) >= 11 is 0. The number of carbonyl (C=O) groups is 3. The van der Waals surface area contributed by atoms with E-state index in [1.54, 1.807) is 30.3 Å². The molecule has 0 saturated carbocycles. The molecule has 134 valence electrons.